The van der Waals surface area contributed by atoms with Gasteiger partial charge in [0.15, 0.2) is 5.69 Å². The fraction of sp³-hybridized carbons (Fsp3) is 0.267. The number of aliphatic carboxylic acids is 1. The number of nitrogens with one attached hydrogen (secondary N) is 1. The van der Waals surface area contributed by atoms with Gasteiger partial charge in [-0.05, 0) is 23.8 Å². The first-order chi connectivity index (χ1) is 11.7. The molecule has 0 bridgehead atoms. The fourth-order valence-electron chi connectivity index (χ4n) is 2.06. The second-order valence-corrected chi connectivity index (χ2v) is 5.14. The van der Waals surface area contributed by atoms with E-state index in [0.29, 0.717) is 0 Å². The van der Waals surface area contributed by atoms with Gasteiger partial charge in [0, 0.05) is 12.7 Å². The third kappa shape index (κ3) is 5.03. The van der Waals surface area contributed by atoms with Crippen LogP contribution in [0.15, 0.2) is 36.5 Å². The van der Waals surface area contributed by atoms with Crippen LogP contribution in [-0.2, 0) is 22.3 Å². The van der Waals surface area contributed by atoms with Gasteiger partial charge in [-0.2, -0.15) is 18.3 Å². The van der Waals surface area contributed by atoms with Crippen molar-refractivity contribution in [3.8, 4) is 0 Å². The van der Waals surface area contributed by atoms with Gasteiger partial charge in [-0.3, -0.25) is 14.3 Å². The number of carbonyl (C=O) groups is 2. The number of carboxylic acid groups (broad SMARTS) is 1. The molecule has 1 unspecified atom stereocenters. The summed E-state index contributed by atoms with van der Waals surface area (Å²) < 4.78 is 51.0. The number of rotatable bonds is 6. The molecule has 1 heterocycles. The van der Waals surface area contributed by atoms with Crippen molar-refractivity contribution >= 4 is 11.9 Å². The monoisotopic (exact) mass is 359 g/mol. The first kappa shape index (κ1) is 18.4. The molecule has 1 amide bonds. The second kappa shape index (κ2) is 7.32. The van der Waals surface area contributed by atoms with Crippen molar-refractivity contribution < 1.29 is 32.3 Å². The summed E-state index contributed by atoms with van der Waals surface area (Å²) in [5, 5.41) is 14.7. The largest absolute Gasteiger partial charge is 0.481 e. The number of alkyl halides is 3. The van der Waals surface area contributed by atoms with Crippen LogP contribution in [0.1, 0.15) is 17.2 Å². The van der Waals surface area contributed by atoms with E-state index in [1.165, 1.54) is 12.1 Å². The SMILES string of the molecule is O=C(Cn1ccc(C(F)(F)F)n1)NCC(C(=O)O)c1ccc(F)cc1. The highest BCUT2D eigenvalue weighted by atomic mass is 19.4. The number of carbonyl (C=O) groups excluding carboxylic acids is 1. The lowest BCUT2D eigenvalue weighted by molar-refractivity contribution is -0.142. The van der Waals surface area contributed by atoms with Gasteiger partial charge >= 0.3 is 12.1 Å². The summed E-state index contributed by atoms with van der Waals surface area (Å²) in [7, 11) is 0. The molecule has 2 rings (SSSR count). The standard InChI is InChI=1S/C15H13F4N3O3/c16-10-3-1-9(2-4-10)11(14(24)25)7-20-13(23)8-22-6-5-12(21-22)15(17,18)19/h1-6,11H,7-8H2,(H,20,23)(H,24,25). The maximum absolute atomic E-state index is 12.9. The first-order valence-corrected chi connectivity index (χ1v) is 7.02. The van der Waals surface area contributed by atoms with Gasteiger partial charge in [0.2, 0.25) is 5.91 Å². The average molecular weight is 359 g/mol. The minimum Gasteiger partial charge on any atom is -0.481 e. The van der Waals surface area contributed by atoms with Crippen LogP contribution in [-0.4, -0.2) is 33.3 Å². The zero-order chi connectivity index (χ0) is 18.6. The van der Waals surface area contributed by atoms with Crippen molar-refractivity contribution in [3.05, 3.63) is 53.6 Å². The van der Waals surface area contributed by atoms with Crippen LogP contribution < -0.4 is 5.32 Å². The predicted molar refractivity (Wildman–Crippen MR) is 77.0 cm³/mol. The molecule has 0 aliphatic heterocycles. The maximum Gasteiger partial charge on any atom is 0.435 e. The number of hydrogen-bond acceptors (Lipinski definition) is 3. The molecule has 134 valence electrons. The molecule has 10 heteroatoms. The highest BCUT2D eigenvalue weighted by molar-refractivity contribution is 5.79. The van der Waals surface area contributed by atoms with Crippen LogP contribution >= 0.6 is 0 Å². The molecule has 25 heavy (non-hydrogen) atoms. The fourth-order valence-corrected chi connectivity index (χ4v) is 2.06. The number of benzene rings is 1. The lowest BCUT2D eigenvalue weighted by atomic mass is 9.99. The minimum absolute atomic E-state index is 0.285. The Balaban J connectivity index is 1.96. The van der Waals surface area contributed by atoms with E-state index in [-0.39, 0.29) is 12.1 Å². The molecular weight excluding hydrogens is 346 g/mol. The van der Waals surface area contributed by atoms with Crippen LogP contribution in [0.3, 0.4) is 0 Å². The first-order valence-electron chi connectivity index (χ1n) is 7.02. The van der Waals surface area contributed by atoms with E-state index in [4.69, 9.17) is 0 Å². The Bertz CT molecular complexity index is 756. The van der Waals surface area contributed by atoms with Crippen molar-refractivity contribution in [1.29, 1.82) is 0 Å². The maximum atomic E-state index is 12.9. The van der Waals surface area contributed by atoms with Crippen molar-refractivity contribution in [2.45, 2.75) is 18.6 Å². The summed E-state index contributed by atoms with van der Waals surface area (Å²) in [6.45, 7) is -0.793. The van der Waals surface area contributed by atoms with E-state index in [1.807, 2.05) is 0 Å². The summed E-state index contributed by atoms with van der Waals surface area (Å²) in [6.07, 6.45) is -3.62. The molecule has 0 aliphatic rings. The number of amides is 1. The van der Waals surface area contributed by atoms with E-state index >= 15 is 0 Å². The Morgan fingerprint density at radius 1 is 1.20 bits per heavy atom. The van der Waals surface area contributed by atoms with E-state index in [2.05, 4.69) is 10.4 Å². The Kier molecular flexibility index (Phi) is 5.40. The van der Waals surface area contributed by atoms with Crippen LogP contribution in [0.2, 0.25) is 0 Å². The molecule has 1 aromatic heterocycles. The molecule has 6 nitrogen and oxygen atoms in total. The van der Waals surface area contributed by atoms with Gasteiger partial charge in [-0.15, -0.1) is 0 Å². The van der Waals surface area contributed by atoms with E-state index in [9.17, 15) is 32.3 Å². The van der Waals surface area contributed by atoms with Gasteiger partial charge < -0.3 is 10.4 Å². The van der Waals surface area contributed by atoms with Gasteiger partial charge in [-0.1, -0.05) is 12.1 Å². The Morgan fingerprint density at radius 3 is 2.36 bits per heavy atom. The summed E-state index contributed by atoms with van der Waals surface area (Å²) in [5.41, 5.74) is -0.845. The zero-order valence-electron chi connectivity index (χ0n) is 12.6. The quantitative estimate of drug-likeness (QED) is 0.773. The summed E-state index contributed by atoms with van der Waals surface area (Å²) in [6, 6.07) is 5.48. The lowest BCUT2D eigenvalue weighted by Gasteiger charge is -2.14. The highest BCUT2D eigenvalue weighted by Gasteiger charge is 2.33. The molecule has 2 N–H and O–H groups in total. The number of nitrogens with zero attached hydrogens (tertiary/aromatic N) is 2. The molecule has 0 spiro atoms. The zero-order valence-corrected chi connectivity index (χ0v) is 12.6. The molecule has 2 aromatic rings. The highest BCUT2D eigenvalue weighted by Crippen LogP contribution is 2.27. The normalized spacial score (nSPS) is 12.6. The summed E-state index contributed by atoms with van der Waals surface area (Å²) in [5.74, 6) is -3.58. The van der Waals surface area contributed by atoms with Crippen LogP contribution in [0.5, 0.6) is 0 Å². The van der Waals surface area contributed by atoms with Gasteiger partial charge in [0.05, 0.1) is 5.92 Å². The van der Waals surface area contributed by atoms with Crippen LogP contribution in [0.4, 0.5) is 17.6 Å². The number of aromatic nitrogens is 2. The number of halogens is 4. The van der Waals surface area contributed by atoms with Crippen molar-refractivity contribution in [1.82, 2.24) is 15.1 Å². The van der Waals surface area contributed by atoms with Crippen molar-refractivity contribution in [2.24, 2.45) is 0 Å². The summed E-state index contributed by atoms with van der Waals surface area (Å²) in [4.78, 5) is 23.1. The van der Waals surface area contributed by atoms with Gasteiger partial charge in [-0.25, -0.2) is 4.39 Å². The molecule has 1 aromatic carbocycles. The van der Waals surface area contributed by atoms with Crippen molar-refractivity contribution in [2.75, 3.05) is 6.54 Å². The lowest BCUT2D eigenvalue weighted by Crippen LogP contribution is -2.34. The van der Waals surface area contributed by atoms with Gasteiger partial charge in [0.1, 0.15) is 12.4 Å². The molecule has 0 saturated heterocycles. The molecule has 0 radical (unpaired) electrons. The minimum atomic E-state index is -4.61. The Morgan fingerprint density at radius 2 is 1.84 bits per heavy atom. The Labute approximate surface area is 139 Å². The van der Waals surface area contributed by atoms with Crippen LogP contribution in [0, 0.1) is 5.82 Å². The van der Waals surface area contributed by atoms with E-state index in [0.717, 1.165) is 29.1 Å². The summed E-state index contributed by atoms with van der Waals surface area (Å²) >= 11 is 0. The van der Waals surface area contributed by atoms with E-state index < -0.39 is 42.0 Å². The average Bonchev–Trinajstić information content (AvgIpc) is 2.97. The Hall–Kier alpha value is -2.91. The second-order valence-electron chi connectivity index (χ2n) is 5.14. The van der Waals surface area contributed by atoms with E-state index in [1.54, 1.807) is 0 Å². The van der Waals surface area contributed by atoms with Crippen molar-refractivity contribution in [3.63, 3.8) is 0 Å². The van der Waals surface area contributed by atoms with Crippen LogP contribution in [0.25, 0.3) is 0 Å². The topological polar surface area (TPSA) is 84.2 Å². The predicted octanol–water partition coefficient (Wildman–Crippen LogP) is 2.03. The molecule has 0 fully saturated rings. The molecular formula is C15H13F4N3O3. The third-order valence-corrected chi connectivity index (χ3v) is 3.31. The number of hydrogen-bond donors (Lipinski definition) is 2. The smallest absolute Gasteiger partial charge is 0.435 e. The molecule has 0 aliphatic carbocycles. The third-order valence-electron chi connectivity index (χ3n) is 3.31. The molecule has 0 saturated carbocycles. The molecule has 1 atom stereocenters. The number of carboxylic acids is 1. The van der Waals surface area contributed by atoms with Gasteiger partial charge in [0.25, 0.3) is 0 Å².